The van der Waals surface area contributed by atoms with Crippen LogP contribution in [0.4, 0.5) is 4.79 Å². The van der Waals surface area contributed by atoms with E-state index >= 15 is 0 Å². The molecule has 0 atom stereocenters. The quantitative estimate of drug-likeness (QED) is 0.430. The van der Waals surface area contributed by atoms with Gasteiger partial charge in [0.15, 0.2) is 0 Å². The van der Waals surface area contributed by atoms with Gasteiger partial charge in [-0.1, -0.05) is 0 Å². The summed E-state index contributed by atoms with van der Waals surface area (Å²) >= 11 is 0. The van der Waals surface area contributed by atoms with Crippen LogP contribution < -0.4 is 10.8 Å². The van der Waals surface area contributed by atoms with Gasteiger partial charge in [0.2, 0.25) is 0 Å². The Balaban J connectivity index is 3.09. The highest BCUT2D eigenvalue weighted by Crippen LogP contribution is 1.67. The van der Waals surface area contributed by atoms with E-state index in [0.29, 0.717) is 6.61 Å². The molecule has 0 unspecified atom stereocenters. The predicted octanol–water partition coefficient (Wildman–Crippen LogP) is -0.159. The van der Waals surface area contributed by atoms with Gasteiger partial charge in [-0.05, 0) is 6.92 Å². The molecule has 2 N–H and O–H groups in total. The molecule has 0 aliphatic rings. The molecule has 0 bridgehead atoms. The zero-order chi connectivity index (χ0) is 7.82. The molecule has 0 saturated carbocycles. The van der Waals surface area contributed by atoms with Gasteiger partial charge in [0, 0.05) is 7.11 Å². The molecule has 0 aliphatic heterocycles. The molecule has 0 saturated heterocycles. The van der Waals surface area contributed by atoms with E-state index in [2.05, 4.69) is 20.4 Å². The van der Waals surface area contributed by atoms with Crippen molar-refractivity contribution in [3.05, 3.63) is 0 Å². The Bertz CT molecular complexity index is 86.9. The first-order valence-corrected chi connectivity index (χ1v) is 2.95. The number of nitrogens with one attached hydrogen (secondary N) is 2. The first-order valence-electron chi connectivity index (χ1n) is 2.95. The molecule has 0 heterocycles. The number of carbonyl (C=O) groups is 1. The highest BCUT2D eigenvalue weighted by molar-refractivity contribution is 5.72. The van der Waals surface area contributed by atoms with Gasteiger partial charge in [-0.2, -0.15) is 0 Å². The fourth-order valence-corrected chi connectivity index (χ4v) is 0.312. The number of ether oxygens (including phenoxy) is 1. The summed E-state index contributed by atoms with van der Waals surface area (Å²) < 4.78 is 4.56. The largest absolute Gasteiger partial charge is 0.364 e. The molecule has 2 amide bonds. The minimum absolute atomic E-state index is 0.179. The van der Waals surface area contributed by atoms with Crippen molar-refractivity contribution in [3.8, 4) is 0 Å². The number of amides is 2. The number of rotatable bonds is 4. The lowest BCUT2D eigenvalue weighted by Crippen LogP contribution is -2.36. The minimum atomic E-state index is -0.399. The number of hydrogen-bond acceptors (Lipinski definition) is 3. The van der Waals surface area contributed by atoms with Crippen LogP contribution in [0.3, 0.4) is 0 Å². The summed E-state index contributed by atoms with van der Waals surface area (Å²) in [5, 5.41) is 2.37. The third kappa shape index (κ3) is 5.33. The zero-order valence-corrected chi connectivity index (χ0v) is 6.14. The Kier molecular flexibility index (Phi) is 5.80. The summed E-state index contributed by atoms with van der Waals surface area (Å²) in [5.41, 5.74) is 2.14. The van der Waals surface area contributed by atoms with Crippen LogP contribution in [0.25, 0.3) is 0 Å². The number of hydroxylamine groups is 1. The van der Waals surface area contributed by atoms with E-state index in [-0.39, 0.29) is 6.73 Å². The molecular formula is C5H12N2O3. The van der Waals surface area contributed by atoms with Crippen molar-refractivity contribution in [1.29, 1.82) is 0 Å². The van der Waals surface area contributed by atoms with Crippen LogP contribution in [0.5, 0.6) is 0 Å². The number of carbonyl (C=O) groups excluding carboxylic acids is 1. The van der Waals surface area contributed by atoms with Crippen molar-refractivity contribution in [2.75, 3.05) is 20.4 Å². The Labute approximate surface area is 59.6 Å². The van der Waals surface area contributed by atoms with E-state index in [9.17, 15) is 4.79 Å². The van der Waals surface area contributed by atoms with Crippen LogP contribution in [-0.2, 0) is 9.57 Å². The third-order valence-corrected chi connectivity index (χ3v) is 0.686. The van der Waals surface area contributed by atoms with E-state index in [0.717, 1.165) is 0 Å². The van der Waals surface area contributed by atoms with Crippen molar-refractivity contribution in [3.63, 3.8) is 0 Å². The Morgan fingerprint density at radius 3 is 2.80 bits per heavy atom. The molecule has 10 heavy (non-hydrogen) atoms. The van der Waals surface area contributed by atoms with Gasteiger partial charge in [-0.15, -0.1) is 0 Å². The smallest absolute Gasteiger partial charge is 0.340 e. The summed E-state index contributed by atoms with van der Waals surface area (Å²) in [6.45, 7) is 2.40. The molecule has 0 radical (unpaired) electrons. The molecule has 0 aromatic heterocycles. The molecule has 60 valence electrons. The molecule has 0 aromatic rings. The van der Waals surface area contributed by atoms with E-state index in [1.165, 1.54) is 7.11 Å². The highest BCUT2D eigenvalue weighted by Gasteiger charge is 1.94. The fraction of sp³-hybridized carbons (Fsp3) is 0.800. The Morgan fingerprint density at radius 2 is 2.30 bits per heavy atom. The van der Waals surface area contributed by atoms with E-state index < -0.39 is 6.03 Å². The van der Waals surface area contributed by atoms with Crippen LogP contribution in [0.15, 0.2) is 0 Å². The van der Waals surface area contributed by atoms with Gasteiger partial charge < -0.3 is 10.1 Å². The lowest BCUT2D eigenvalue weighted by molar-refractivity contribution is 0.0656. The second-order valence-electron chi connectivity index (χ2n) is 1.47. The van der Waals surface area contributed by atoms with Crippen LogP contribution in [-0.4, -0.2) is 26.5 Å². The van der Waals surface area contributed by atoms with Gasteiger partial charge in [-0.3, -0.25) is 4.84 Å². The van der Waals surface area contributed by atoms with Gasteiger partial charge in [0.05, 0.1) is 6.61 Å². The van der Waals surface area contributed by atoms with E-state index in [1.54, 1.807) is 6.92 Å². The Morgan fingerprint density at radius 1 is 1.60 bits per heavy atom. The molecule has 0 aliphatic carbocycles. The lowest BCUT2D eigenvalue weighted by Gasteiger charge is -2.04. The molecule has 0 fully saturated rings. The molecule has 5 nitrogen and oxygen atoms in total. The average Bonchev–Trinajstić information content (AvgIpc) is 1.97. The van der Waals surface area contributed by atoms with Crippen LogP contribution >= 0.6 is 0 Å². The Hall–Kier alpha value is -0.810. The monoisotopic (exact) mass is 148 g/mol. The minimum Gasteiger partial charge on any atom is -0.364 e. The van der Waals surface area contributed by atoms with Crippen molar-refractivity contribution < 1.29 is 14.4 Å². The second-order valence-corrected chi connectivity index (χ2v) is 1.47. The first kappa shape index (κ1) is 9.19. The van der Waals surface area contributed by atoms with Gasteiger partial charge in [-0.25, -0.2) is 10.3 Å². The van der Waals surface area contributed by atoms with Crippen molar-refractivity contribution >= 4 is 6.03 Å². The maximum atomic E-state index is 10.5. The molecule has 5 heteroatoms. The van der Waals surface area contributed by atoms with Gasteiger partial charge >= 0.3 is 6.03 Å². The van der Waals surface area contributed by atoms with Crippen molar-refractivity contribution in [2.24, 2.45) is 0 Å². The van der Waals surface area contributed by atoms with Crippen molar-refractivity contribution in [2.45, 2.75) is 6.92 Å². The van der Waals surface area contributed by atoms with E-state index in [4.69, 9.17) is 0 Å². The van der Waals surface area contributed by atoms with Gasteiger partial charge in [0.25, 0.3) is 0 Å². The first-order chi connectivity index (χ1) is 4.81. The standard InChI is InChI=1S/C5H12N2O3/c1-3-10-7-5(8)6-4-9-2/h3-4H2,1-2H3,(H2,6,7,8). The summed E-state index contributed by atoms with van der Waals surface area (Å²) in [4.78, 5) is 15.1. The molecule has 0 spiro atoms. The summed E-state index contributed by atoms with van der Waals surface area (Å²) in [6, 6.07) is -0.399. The lowest BCUT2D eigenvalue weighted by atomic mass is 10.9. The van der Waals surface area contributed by atoms with Crippen LogP contribution in [0, 0.1) is 0 Å². The maximum Gasteiger partial charge on any atom is 0.340 e. The molecule has 0 rings (SSSR count). The molecular weight excluding hydrogens is 136 g/mol. The topological polar surface area (TPSA) is 59.6 Å². The maximum absolute atomic E-state index is 10.5. The number of hydrogen-bond donors (Lipinski definition) is 2. The fourth-order valence-electron chi connectivity index (χ4n) is 0.312. The number of methoxy groups -OCH3 is 1. The summed E-state index contributed by atoms with van der Waals surface area (Å²) in [7, 11) is 1.49. The van der Waals surface area contributed by atoms with E-state index in [1.807, 2.05) is 0 Å². The number of urea groups is 1. The predicted molar refractivity (Wildman–Crippen MR) is 35.2 cm³/mol. The van der Waals surface area contributed by atoms with Crippen molar-refractivity contribution in [1.82, 2.24) is 10.8 Å². The highest BCUT2D eigenvalue weighted by atomic mass is 16.7. The average molecular weight is 148 g/mol. The summed E-state index contributed by atoms with van der Waals surface area (Å²) in [5.74, 6) is 0. The SMILES string of the molecule is CCONC(=O)NCOC. The zero-order valence-electron chi connectivity index (χ0n) is 6.14. The van der Waals surface area contributed by atoms with Crippen LogP contribution in [0.2, 0.25) is 0 Å². The second kappa shape index (κ2) is 6.31. The van der Waals surface area contributed by atoms with Crippen LogP contribution in [0.1, 0.15) is 6.92 Å². The summed E-state index contributed by atoms with van der Waals surface area (Å²) in [6.07, 6.45) is 0. The molecule has 0 aromatic carbocycles. The third-order valence-electron chi connectivity index (χ3n) is 0.686. The van der Waals surface area contributed by atoms with Gasteiger partial charge in [0.1, 0.15) is 6.73 Å². The normalized spacial score (nSPS) is 9.00.